The first-order valence-corrected chi connectivity index (χ1v) is 6.02. The van der Waals surface area contributed by atoms with Crippen LogP contribution in [0.15, 0.2) is 24.3 Å². The minimum absolute atomic E-state index is 0.269. The van der Waals surface area contributed by atoms with Gasteiger partial charge in [-0.25, -0.2) is 4.79 Å². The van der Waals surface area contributed by atoms with E-state index in [4.69, 9.17) is 9.84 Å². The lowest BCUT2D eigenvalue weighted by molar-refractivity contribution is -0.142. The van der Waals surface area contributed by atoms with Crippen molar-refractivity contribution in [3.63, 3.8) is 0 Å². The van der Waals surface area contributed by atoms with Crippen LogP contribution >= 0.6 is 0 Å². The molecule has 0 aromatic heterocycles. The molecule has 1 amide bonds. The molecule has 2 rings (SSSR count). The third-order valence-electron chi connectivity index (χ3n) is 3.11. The van der Waals surface area contributed by atoms with Gasteiger partial charge in [0.1, 0.15) is 11.8 Å². The van der Waals surface area contributed by atoms with Crippen molar-refractivity contribution in [3.8, 4) is 5.75 Å². The number of methoxy groups -OCH3 is 1. The molecular weight excluding hydrogens is 248 g/mol. The zero-order valence-electron chi connectivity index (χ0n) is 10.6. The van der Waals surface area contributed by atoms with Crippen LogP contribution in [0, 0.1) is 0 Å². The lowest BCUT2D eigenvalue weighted by Crippen LogP contribution is -2.56. The van der Waals surface area contributed by atoms with E-state index in [2.05, 4.69) is 5.32 Å². The van der Waals surface area contributed by atoms with Crippen molar-refractivity contribution in [1.82, 2.24) is 10.2 Å². The Hall–Kier alpha value is -2.08. The SMILES string of the molecule is COc1cccc(C(=O)N2CCNCC2C(=O)O)c1. The fourth-order valence-electron chi connectivity index (χ4n) is 2.09. The van der Waals surface area contributed by atoms with Crippen molar-refractivity contribution in [2.24, 2.45) is 0 Å². The smallest absolute Gasteiger partial charge is 0.327 e. The predicted molar refractivity (Wildman–Crippen MR) is 68.3 cm³/mol. The van der Waals surface area contributed by atoms with Crippen molar-refractivity contribution in [2.75, 3.05) is 26.7 Å². The van der Waals surface area contributed by atoms with Gasteiger partial charge in [-0.05, 0) is 18.2 Å². The van der Waals surface area contributed by atoms with Crippen LogP contribution in [0.5, 0.6) is 5.75 Å². The number of amides is 1. The van der Waals surface area contributed by atoms with Gasteiger partial charge in [0, 0.05) is 25.2 Å². The Morgan fingerprint density at radius 3 is 2.95 bits per heavy atom. The molecule has 0 spiro atoms. The van der Waals surface area contributed by atoms with E-state index in [0.29, 0.717) is 24.4 Å². The molecule has 1 aromatic rings. The number of nitrogens with one attached hydrogen (secondary N) is 1. The number of piperazine rings is 1. The van der Waals surface area contributed by atoms with Crippen LogP contribution in [0.4, 0.5) is 0 Å². The van der Waals surface area contributed by atoms with E-state index in [9.17, 15) is 9.59 Å². The molecule has 1 atom stereocenters. The largest absolute Gasteiger partial charge is 0.497 e. The van der Waals surface area contributed by atoms with Crippen LogP contribution in [-0.4, -0.2) is 54.7 Å². The van der Waals surface area contributed by atoms with Gasteiger partial charge in [0.05, 0.1) is 7.11 Å². The summed E-state index contributed by atoms with van der Waals surface area (Å²) in [6.07, 6.45) is 0. The summed E-state index contributed by atoms with van der Waals surface area (Å²) in [5, 5.41) is 12.1. The van der Waals surface area contributed by atoms with Gasteiger partial charge in [0.2, 0.25) is 0 Å². The first-order chi connectivity index (χ1) is 9.13. The maximum absolute atomic E-state index is 12.4. The van der Waals surface area contributed by atoms with E-state index in [1.807, 2.05) is 0 Å². The van der Waals surface area contributed by atoms with Crippen LogP contribution < -0.4 is 10.1 Å². The molecule has 2 N–H and O–H groups in total. The molecular formula is C13H16N2O4. The highest BCUT2D eigenvalue weighted by Crippen LogP contribution is 2.16. The van der Waals surface area contributed by atoms with Crippen molar-refractivity contribution in [3.05, 3.63) is 29.8 Å². The number of ether oxygens (including phenoxy) is 1. The van der Waals surface area contributed by atoms with E-state index >= 15 is 0 Å². The third-order valence-corrected chi connectivity index (χ3v) is 3.11. The zero-order chi connectivity index (χ0) is 13.8. The minimum Gasteiger partial charge on any atom is -0.497 e. The Labute approximate surface area is 111 Å². The normalized spacial score (nSPS) is 19.0. The van der Waals surface area contributed by atoms with E-state index in [0.717, 1.165) is 0 Å². The number of carbonyl (C=O) groups is 2. The standard InChI is InChI=1S/C13H16N2O4/c1-19-10-4-2-3-9(7-10)12(16)15-6-5-14-8-11(15)13(17)18/h2-4,7,11,14H,5-6,8H2,1H3,(H,17,18). The molecule has 1 aromatic carbocycles. The van der Waals surface area contributed by atoms with Gasteiger partial charge < -0.3 is 20.1 Å². The number of rotatable bonds is 3. The maximum Gasteiger partial charge on any atom is 0.327 e. The fourth-order valence-corrected chi connectivity index (χ4v) is 2.09. The van der Waals surface area contributed by atoms with Gasteiger partial charge in [-0.3, -0.25) is 4.79 Å². The number of hydrogen-bond donors (Lipinski definition) is 2. The molecule has 1 unspecified atom stereocenters. The average molecular weight is 264 g/mol. The molecule has 1 aliphatic rings. The summed E-state index contributed by atoms with van der Waals surface area (Å²) in [7, 11) is 1.52. The molecule has 1 saturated heterocycles. The van der Waals surface area contributed by atoms with Gasteiger partial charge in [-0.15, -0.1) is 0 Å². The van der Waals surface area contributed by atoms with Crippen LogP contribution in [0.2, 0.25) is 0 Å². The van der Waals surface area contributed by atoms with E-state index in [1.165, 1.54) is 12.0 Å². The highest BCUT2D eigenvalue weighted by molar-refractivity contribution is 5.97. The van der Waals surface area contributed by atoms with Crippen LogP contribution in [0.3, 0.4) is 0 Å². The Bertz CT molecular complexity index is 489. The number of carbonyl (C=O) groups excluding carboxylic acids is 1. The second-order valence-corrected chi connectivity index (χ2v) is 4.29. The monoisotopic (exact) mass is 264 g/mol. The first kappa shape index (κ1) is 13.4. The van der Waals surface area contributed by atoms with E-state index < -0.39 is 12.0 Å². The van der Waals surface area contributed by atoms with Gasteiger partial charge in [-0.2, -0.15) is 0 Å². The molecule has 19 heavy (non-hydrogen) atoms. The molecule has 0 aliphatic carbocycles. The molecule has 0 bridgehead atoms. The summed E-state index contributed by atoms with van der Waals surface area (Å²) in [5.41, 5.74) is 0.438. The van der Waals surface area contributed by atoms with Crippen molar-refractivity contribution >= 4 is 11.9 Å². The topological polar surface area (TPSA) is 78.9 Å². The molecule has 102 valence electrons. The summed E-state index contributed by atoms with van der Waals surface area (Å²) in [6.45, 7) is 1.25. The molecule has 1 heterocycles. The Morgan fingerprint density at radius 2 is 2.26 bits per heavy atom. The number of hydrogen-bond acceptors (Lipinski definition) is 4. The molecule has 1 fully saturated rings. The second-order valence-electron chi connectivity index (χ2n) is 4.29. The number of carboxylic acids is 1. The summed E-state index contributed by atoms with van der Waals surface area (Å²) in [6, 6.07) is 5.90. The Balaban J connectivity index is 2.23. The lowest BCUT2D eigenvalue weighted by Gasteiger charge is -2.33. The fraction of sp³-hybridized carbons (Fsp3) is 0.385. The van der Waals surface area contributed by atoms with Gasteiger partial charge in [-0.1, -0.05) is 6.07 Å². The minimum atomic E-state index is -0.997. The van der Waals surface area contributed by atoms with Crippen LogP contribution in [-0.2, 0) is 4.79 Å². The molecule has 6 heteroatoms. The first-order valence-electron chi connectivity index (χ1n) is 6.02. The number of carboxylic acid groups (broad SMARTS) is 1. The summed E-state index contributed by atoms with van der Waals surface area (Å²) < 4.78 is 5.07. The van der Waals surface area contributed by atoms with E-state index in [-0.39, 0.29) is 12.5 Å². The third kappa shape index (κ3) is 2.85. The maximum atomic E-state index is 12.4. The van der Waals surface area contributed by atoms with E-state index in [1.54, 1.807) is 24.3 Å². The van der Waals surface area contributed by atoms with Crippen LogP contribution in [0.25, 0.3) is 0 Å². The summed E-state index contributed by atoms with van der Waals surface area (Å²) in [5.74, 6) is -0.705. The predicted octanol–water partition coefficient (Wildman–Crippen LogP) is 0.194. The average Bonchev–Trinajstić information content (AvgIpc) is 2.46. The second kappa shape index (κ2) is 5.71. The van der Waals surface area contributed by atoms with Gasteiger partial charge in [0.15, 0.2) is 0 Å². The summed E-state index contributed by atoms with van der Waals surface area (Å²) >= 11 is 0. The highest BCUT2D eigenvalue weighted by atomic mass is 16.5. The number of nitrogens with zero attached hydrogens (tertiary/aromatic N) is 1. The van der Waals surface area contributed by atoms with Crippen LogP contribution in [0.1, 0.15) is 10.4 Å². The highest BCUT2D eigenvalue weighted by Gasteiger charge is 2.32. The van der Waals surface area contributed by atoms with Gasteiger partial charge >= 0.3 is 5.97 Å². The zero-order valence-corrected chi connectivity index (χ0v) is 10.6. The Kier molecular flexibility index (Phi) is 4.01. The number of benzene rings is 1. The summed E-state index contributed by atoms with van der Waals surface area (Å²) in [4.78, 5) is 24.9. The van der Waals surface area contributed by atoms with Crippen molar-refractivity contribution in [2.45, 2.75) is 6.04 Å². The lowest BCUT2D eigenvalue weighted by atomic mass is 10.1. The molecule has 1 aliphatic heterocycles. The molecule has 6 nitrogen and oxygen atoms in total. The molecule has 0 saturated carbocycles. The molecule has 0 radical (unpaired) electrons. The Morgan fingerprint density at radius 1 is 1.47 bits per heavy atom. The van der Waals surface area contributed by atoms with Crippen molar-refractivity contribution < 1.29 is 19.4 Å². The van der Waals surface area contributed by atoms with Gasteiger partial charge in [0.25, 0.3) is 5.91 Å². The van der Waals surface area contributed by atoms with Crippen molar-refractivity contribution in [1.29, 1.82) is 0 Å². The number of aliphatic carboxylic acids is 1. The quantitative estimate of drug-likeness (QED) is 0.815.